The fraction of sp³-hybridized carbons (Fsp3) is 0.280. The SMILES string of the molecule is Cc1cc(-c2cc(O)c(-c3ccc(C4CN(C)C4)nn3)c(OC(=O)C(F)(F)F)c2)cc2cn(C)nc12. The molecule has 1 aliphatic rings. The average molecular weight is 497 g/mol. The first-order valence-electron chi connectivity index (χ1n) is 11.1. The molecule has 0 atom stereocenters. The lowest BCUT2D eigenvalue weighted by Gasteiger charge is -2.35. The van der Waals surface area contributed by atoms with Crippen LogP contribution < -0.4 is 4.74 Å². The summed E-state index contributed by atoms with van der Waals surface area (Å²) in [5, 5.41) is 24.4. The number of fused-ring (bicyclic) bond motifs is 1. The number of hydrogen-bond donors (Lipinski definition) is 1. The van der Waals surface area contributed by atoms with Crippen molar-refractivity contribution >= 4 is 16.9 Å². The molecule has 0 amide bonds. The van der Waals surface area contributed by atoms with Crippen LogP contribution in [0.2, 0.25) is 0 Å². The molecule has 4 aromatic rings. The van der Waals surface area contributed by atoms with E-state index in [-0.39, 0.29) is 17.2 Å². The minimum atomic E-state index is -5.22. The molecule has 8 nitrogen and oxygen atoms in total. The van der Waals surface area contributed by atoms with Gasteiger partial charge in [-0.05, 0) is 67.1 Å². The smallest absolute Gasteiger partial charge is 0.491 e. The van der Waals surface area contributed by atoms with Gasteiger partial charge >= 0.3 is 12.1 Å². The largest absolute Gasteiger partial charge is 0.507 e. The maximum Gasteiger partial charge on any atom is 0.491 e. The third kappa shape index (κ3) is 4.37. The van der Waals surface area contributed by atoms with Crippen molar-refractivity contribution in [1.29, 1.82) is 0 Å². The summed E-state index contributed by atoms with van der Waals surface area (Å²) in [5.41, 5.74) is 3.25. The molecular weight excluding hydrogens is 475 g/mol. The molecule has 1 N–H and O–H groups in total. The lowest BCUT2D eigenvalue weighted by molar-refractivity contribution is -0.189. The number of likely N-dealkylation sites (N-methyl/N-ethyl adjacent to an activating group) is 1. The molecule has 186 valence electrons. The molecule has 36 heavy (non-hydrogen) atoms. The van der Waals surface area contributed by atoms with Crippen LogP contribution in [0.5, 0.6) is 11.5 Å². The van der Waals surface area contributed by atoms with Crippen molar-refractivity contribution in [2.24, 2.45) is 7.05 Å². The monoisotopic (exact) mass is 497 g/mol. The number of hydrogen-bond acceptors (Lipinski definition) is 7. The van der Waals surface area contributed by atoms with Gasteiger partial charge in [0.15, 0.2) is 0 Å². The lowest BCUT2D eigenvalue weighted by atomic mass is 9.96. The Balaban J connectivity index is 1.60. The molecular formula is C25H22F3N5O3. The fourth-order valence-electron chi connectivity index (χ4n) is 4.44. The Labute approximate surface area is 203 Å². The van der Waals surface area contributed by atoms with Crippen LogP contribution in [0.1, 0.15) is 17.2 Å². The van der Waals surface area contributed by atoms with Gasteiger partial charge in [-0.1, -0.05) is 0 Å². The summed E-state index contributed by atoms with van der Waals surface area (Å²) >= 11 is 0. The van der Waals surface area contributed by atoms with Gasteiger partial charge in [0.2, 0.25) is 0 Å². The normalized spacial score (nSPS) is 14.7. The van der Waals surface area contributed by atoms with Gasteiger partial charge < -0.3 is 14.7 Å². The molecule has 0 spiro atoms. The summed E-state index contributed by atoms with van der Waals surface area (Å²) in [6.45, 7) is 3.50. The summed E-state index contributed by atoms with van der Waals surface area (Å²) in [7, 11) is 3.76. The van der Waals surface area contributed by atoms with Gasteiger partial charge in [-0.2, -0.15) is 23.4 Å². The first-order chi connectivity index (χ1) is 17.0. The number of phenols is 1. The highest BCUT2D eigenvalue weighted by atomic mass is 19.4. The van der Waals surface area contributed by atoms with Crippen molar-refractivity contribution in [3.05, 3.63) is 53.9 Å². The molecule has 1 saturated heterocycles. The predicted octanol–water partition coefficient (Wildman–Crippen LogP) is 4.21. The van der Waals surface area contributed by atoms with Crippen LogP contribution in [0.4, 0.5) is 13.2 Å². The number of carbonyl (C=O) groups is 1. The molecule has 11 heteroatoms. The van der Waals surface area contributed by atoms with Crippen LogP contribution in [-0.2, 0) is 11.8 Å². The number of benzene rings is 2. The van der Waals surface area contributed by atoms with E-state index in [4.69, 9.17) is 4.74 Å². The zero-order chi connectivity index (χ0) is 25.8. The van der Waals surface area contributed by atoms with Crippen molar-refractivity contribution < 1.29 is 27.8 Å². The maximum atomic E-state index is 13.1. The second kappa shape index (κ2) is 8.59. The third-order valence-electron chi connectivity index (χ3n) is 6.19. The molecule has 5 rings (SSSR count). The molecule has 1 fully saturated rings. The summed E-state index contributed by atoms with van der Waals surface area (Å²) in [4.78, 5) is 13.9. The molecule has 0 radical (unpaired) electrons. The van der Waals surface area contributed by atoms with Crippen LogP contribution in [0.25, 0.3) is 33.3 Å². The minimum Gasteiger partial charge on any atom is -0.507 e. The van der Waals surface area contributed by atoms with E-state index in [0.29, 0.717) is 11.1 Å². The van der Waals surface area contributed by atoms with Crippen LogP contribution in [-0.4, -0.2) is 62.3 Å². The fourth-order valence-corrected chi connectivity index (χ4v) is 4.44. The van der Waals surface area contributed by atoms with Crippen molar-refractivity contribution in [1.82, 2.24) is 24.9 Å². The molecule has 2 aromatic carbocycles. The Kier molecular flexibility index (Phi) is 5.67. The Morgan fingerprint density at radius 2 is 1.81 bits per heavy atom. The molecule has 2 aromatic heterocycles. The van der Waals surface area contributed by atoms with Crippen LogP contribution >= 0.6 is 0 Å². The number of phenolic OH excluding ortho intramolecular Hbond substituents is 1. The topological polar surface area (TPSA) is 93.4 Å². The molecule has 1 aliphatic heterocycles. The van der Waals surface area contributed by atoms with Gasteiger partial charge in [-0.3, -0.25) is 4.68 Å². The van der Waals surface area contributed by atoms with Crippen molar-refractivity contribution in [2.75, 3.05) is 20.1 Å². The Bertz CT molecular complexity index is 1480. The summed E-state index contributed by atoms with van der Waals surface area (Å²) in [6.07, 6.45) is -3.42. The van der Waals surface area contributed by atoms with Gasteiger partial charge in [0.05, 0.1) is 16.8 Å². The van der Waals surface area contributed by atoms with E-state index in [0.717, 1.165) is 35.2 Å². The zero-order valence-corrected chi connectivity index (χ0v) is 19.7. The highest BCUT2D eigenvalue weighted by Crippen LogP contribution is 2.42. The highest BCUT2D eigenvalue weighted by molar-refractivity contribution is 5.90. The lowest BCUT2D eigenvalue weighted by Crippen LogP contribution is -2.42. The molecule has 0 unspecified atom stereocenters. The Morgan fingerprint density at radius 1 is 1.08 bits per heavy atom. The number of carbonyl (C=O) groups excluding carboxylic acids is 1. The van der Waals surface area contributed by atoms with Gasteiger partial charge in [0.25, 0.3) is 0 Å². The third-order valence-corrected chi connectivity index (χ3v) is 6.19. The van der Waals surface area contributed by atoms with E-state index in [9.17, 15) is 23.1 Å². The number of aromatic hydroxyl groups is 1. The predicted molar refractivity (Wildman–Crippen MR) is 126 cm³/mol. The van der Waals surface area contributed by atoms with Gasteiger partial charge in [0, 0.05) is 37.6 Å². The number of alkyl halides is 3. The Hall–Kier alpha value is -3.99. The molecule has 0 saturated carbocycles. The van der Waals surface area contributed by atoms with E-state index < -0.39 is 23.6 Å². The summed E-state index contributed by atoms with van der Waals surface area (Å²) in [5.74, 6) is -3.06. The molecule has 3 heterocycles. The van der Waals surface area contributed by atoms with E-state index >= 15 is 0 Å². The van der Waals surface area contributed by atoms with Crippen LogP contribution in [0.15, 0.2) is 42.6 Å². The number of halogens is 3. The Morgan fingerprint density at radius 3 is 2.44 bits per heavy atom. The average Bonchev–Trinajstić information content (AvgIpc) is 3.17. The zero-order valence-electron chi connectivity index (χ0n) is 19.7. The molecule has 0 bridgehead atoms. The van der Waals surface area contributed by atoms with Gasteiger partial charge in [0.1, 0.15) is 17.2 Å². The quantitative estimate of drug-likeness (QED) is 0.334. The summed E-state index contributed by atoms with van der Waals surface area (Å²) < 4.78 is 45.6. The van der Waals surface area contributed by atoms with E-state index in [2.05, 4.69) is 20.2 Å². The van der Waals surface area contributed by atoms with Crippen molar-refractivity contribution in [2.45, 2.75) is 19.0 Å². The van der Waals surface area contributed by atoms with Crippen molar-refractivity contribution in [3.63, 3.8) is 0 Å². The minimum absolute atomic E-state index is 0.0827. The first kappa shape index (κ1) is 23.7. The maximum absolute atomic E-state index is 13.1. The number of nitrogens with zero attached hydrogens (tertiary/aromatic N) is 5. The van der Waals surface area contributed by atoms with Gasteiger partial charge in [-0.25, -0.2) is 4.79 Å². The second-order valence-electron chi connectivity index (χ2n) is 9.05. The number of esters is 1. The van der Waals surface area contributed by atoms with E-state index in [1.165, 1.54) is 12.1 Å². The first-order valence-corrected chi connectivity index (χ1v) is 11.1. The standard InChI is InChI=1S/C25H22F3N5O3/c1-13-6-14(7-16-12-33(3)31-23(13)16)15-8-20(34)22(21(9-15)36-24(35)25(26,27)28)19-5-4-18(29-30-19)17-10-32(2)11-17/h4-9,12,17,34H,10-11H2,1-3H3. The van der Waals surface area contributed by atoms with Gasteiger partial charge in [-0.15, -0.1) is 5.10 Å². The number of ether oxygens (including phenoxy) is 1. The second-order valence-corrected chi connectivity index (χ2v) is 9.05. The van der Waals surface area contributed by atoms with Crippen LogP contribution in [0, 0.1) is 6.92 Å². The number of likely N-dealkylation sites (tertiary alicyclic amines) is 1. The van der Waals surface area contributed by atoms with E-state index in [1.807, 2.05) is 20.2 Å². The van der Waals surface area contributed by atoms with E-state index in [1.54, 1.807) is 36.0 Å². The number of aryl methyl sites for hydroxylation is 2. The number of rotatable bonds is 4. The van der Waals surface area contributed by atoms with Crippen molar-refractivity contribution in [3.8, 4) is 33.9 Å². The highest BCUT2D eigenvalue weighted by Gasteiger charge is 2.42. The van der Waals surface area contributed by atoms with Crippen LogP contribution in [0.3, 0.4) is 0 Å². The molecule has 0 aliphatic carbocycles. The summed E-state index contributed by atoms with van der Waals surface area (Å²) in [6, 6.07) is 9.53. The number of aromatic nitrogens is 4.